The number of hydrogen-bond donors (Lipinski definition) is 2. The molecule has 1 aliphatic heterocycles. The van der Waals surface area contributed by atoms with Gasteiger partial charge in [0.05, 0.1) is 5.54 Å². The molecule has 1 atom stereocenters. The minimum Gasteiger partial charge on any atom is -0.350 e. The number of carbonyl (C=O) groups is 1. The van der Waals surface area contributed by atoms with Crippen molar-refractivity contribution in [1.82, 2.24) is 10.6 Å². The predicted molar refractivity (Wildman–Crippen MR) is 62.8 cm³/mol. The molecule has 15 heavy (non-hydrogen) atoms. The summed E-state index contributed by atoms with van der Waals surface area (Å²) in [4.78, 5) is 12.1. The molecule has 0 aromatic rings. The Hall–Kier alpha value is -0.570. The molecule has 0 saturated carbocycles. The SMILES string of the molecule is CCC(C)(C)NC(=O)C1(C)CCCCN1. The van der Waals surface area contributed by atoms with Crippen molar-refractivity contribution < 1.29 is 4.79 Å². The van der Waals surface area contributed by atoms with Crippen LogP contribution < -0.4 is 10.6 Å². The number of amides is 1. The van der Waals surface area contributed by atoms with E-state index < -0.39 is 0 Å². The molecule has 0 aromatic heterocycles. The Morgan fingerprint density at radius 2 is 2.13 bits per heavy atom. The average molecular weight is 212 g/mol. The largest absolute Gasteiger partial charge is 0.350 e. The van der Waals surface area contributed by atoms with Crippen LogP contribution in [0.25, 0.3) is 0 Å². The highest BCUT2D eigenvalue weighted by atomic mass is 16.2. The second-order valence-corrected chi connectivity index (χ2v) is 5.41. The normalized spacial score (nSPS) is 27.5. The Bertz CT molecular complexity index is 230. The van der Waals surface area contributed by atoms with Crippen molar-refractivity contribution in [1.29, 1.82) is 0 Å². The van der Waals surface area contributed by atoms with Gasteiger partial charge in [-0.25, -0.2) is 0 Å². The third-order valence-electron chi connectivity index (χ3n) is 3.46. The van der Waals surface area contributed by atoms with Crippen LogP contribution in [0.2, 0.25) is 0 Å². The van der Waals surface area contributed by atoms with Gasteiger partial charge in [0.25, 0.3) is 0 Å². The van der Waals surface area contributed by atoms with E-state index in [0.717, 1.165) is 25.8 Å². The summed E-state index contributed by atoms with van der Waals surface area (Å²) in [6.45, 7) is 9.19. The van der Waals surface area contributed by atoms with Gasteiger partial charge in [-0.2, -0.15) is 0 Å². The van der Waals surface area contributed by atoms with Crippen molar-refractivity contribution in [2.45, 2.75) is 64.5 Å². The van der Waals surface area contributed by atoms with Crippen LogP contribution in [-0.4, -0.2) is 23.5 Å². The van der Waals surface area contributed by atoms with Gasteiger partial charge in [0.1, 0.15) is 0 Å². The first-order chi connectivity index (χ1) is 6.90. The molecule has 1 fully saturated rings. The number of nitrogens with one attached hydrogen (secondary N) is 2. The molecule has 1 rings (SSSR count). The van der Waals surface area contributed by atoms with Gasteiger partial charge < -0.3 is 10.6 Å². The molecule has 88 valence electrons. The standard InChI is InChI=1S/C12H24N2O/c1-5-11(2,3)14-10(15)12(4)8-6-7-9-13-12/h13H,5-9H2,1-4H3,(H,14,15). The first kappa shape index (κ1) is 12.5. The van der Waals surface area contributed by atoms with Crippen LogP contribution in [0.4, 0.5) is 0 Å². The highest BCUT2D eigenvalue weighted by molar-refractivity contribution is 5.86. The maximum Gasteiger partial charge on any atom is 0.240 e. The van der Waals surface area contributed by atoms with E-state index >= 15 is 0 Å². The van der Waals surface area contributed by atoms with E-state index in [9.17, 15) is 4.79 Å². The van der Waals surface area contributed by atoms with Crippen LogP contribution in [0.5, 0.6) is 0 Å². The Morgan fingerprint density at radius 1 is 1.47 bits per heavy atom. The number of hydrogen-bond acceptors (Lipinski definition) is 2. The predicted octanol–water partition coefficient (Wildman–Crippen LogP) is 1.82. The molecule has 0 radical (unpaired) electrons. The first-order valence-corrected chi connectivity index (χ1v) is 5.97. The molecule has 1 aliphatic rings. The topological polar surface area (TPSA) is 41.1 Å². The van der Waals surface area contributed by atoms with E-state index in [-0.39, 0.29) is 17.0 Å². The van der Waals surface area contributed by atoms with Gasteiger partial charge in [-0.1, -0.05) is 6.92 Å². The van der Waals surface area contributed by atoms with E-state index in [0.29, 0.717) is 0 Å². The lowest BCUT2D eigenvalue weighted by Crippen LogP contribution is -2.60. The maximum atomic E-state index is 12.1. The van der Waals surface area contributed by atoms with Crippen LogP contribution >= 0.6 is 0 Å². The lowest BCUT2D eigenvalue weighted by molar-refractivity contribution is -0.129. The monoisotopic (exact) mass is 212 g/mol. The van der Waals surface area contributed by atoms with Gasteiger partial charge >= 0.3 is 0 Å². The fraction of sp³-hybridized carbons (Fsp3) is 0.917. The van der Waals surface area contributed by atoms with Crippen LogP contribution in [0.15, 0.2) is 0 Å². The molecule has 0 aliphatic carbocycles. The zero-order chi connectivity index (χ0) is 11.5. The fourth-order valence-corrected chi connectivity index (χ4v) is 1.78. The quantitative estimate of drug-likeness (QED) is 0.749. The van der Waals surface area contributed by atoms with E-state index in [1.165, 1.54) is 6.42 Å². The second kappa shape index (κ2) is 4.52. The van der Waals surface area contributed by atoms with Crippen molar-refractivity contribution >= 4 is 5.91 Å². The number of rotatable bonds is 3. The molecular formula is C12H24N2O. The lowest BCUT2D eigenvalue weighted by atomic mass is 9.88. The summed E-state index contributed by atoms with van der Waals surface area (Å²) in [5, 5.41) is 6.44. The molecular weight excluding hydrogens is 188 g/mol. The van der Waals surface area contributed by atoms with E-state index in [4.69, 9.17) is 0 Å². The number of carbonyl (C=O) groups excluding carboxylic acids is 1. The minimum absolute atomic E-state index is 0.0980. The molecule has 3 heteroatoms. The number of piperidine rings is 1. The Kier molecular flexibility index (Phi) is 3.77. The smallest absolute Gasteiger partial charge is 0.240 e. The van der Waals surface area contributed by atoms with Crippen molar-refractivity contribution in [3.05, 3.63) is 0 Å². The van der Waals surface area contributed by atoms with Gasteiger partial charge in [-0.05, 0) is 53.0 Å². The van der Waals surface area contributed by atoms with Gasteiger partial charge in [-0.15, -0.1) is 0 Å². The van der Waals surface area contributed by atoms with Crippen molar-refractivity contribution in [2.24, 2.45) is 0 Å². The van der Waals surface area contributed by atoms with Gasteiger partial charge in [-0.3, -0.25) is 4.79 Å². The van der Waals surface area contributed by atoms with Crippen molar-refractivity contribution in [3.8, 4) is 0 Å². The van der Waals surface area contributed by atoms with Crippen LogP contribution in [0.3, 0.4) is 0 Å². The molecule has 0 spiro atoms. The molecule has 1 unspecified atom stereocenters. The molecule has 0 bridgehead atoms. The Labute approximate surface area is 93.0 Å². The van der Waals surface area contributed by atoms with Crippen LogP contribution in [0.1, 0.15) is 53.4 Å². The molecule has 1 saturated heterocycles. The summed E-state index contributed by atoms with van der Waals surface area (Å²) in [6, 6.07) is 0. The zero-order valence-electron chi connectivity index (χ0n) is 10.4. The molecule has 3 nitrogen and oxygen atoms in total. The maximum absolute atomic E-state index is 12.1. The summed E-state index contributed by atoms with van der Waals surface area (Å²) in [5.41, 5.74) is -0.454. The zero-order valence-corrected chi connectivity index (χ0v) is 10.4. The summed E-state index contributed by atoms with van der Waals surface area (Å²) in [7, 11) is 0. The van der Waals surface area contributed by atoms with Gasteiger partial charge in [0, 0.05) is 5.54 Å². The fourth-order valence-electron chi connectivity index (χ4n) is 1.78. The van der Waals surface area contributed by atoms with Crippen molar-refractivity contribution in [3.63, 3.8) is 0 Å². The molecule has 1 amide bonds. The van der Waals surface area contributed by atoms with Crippen molar-refractivity contribution in [2.75, 3.05) is 6.54 Å². The first-order valence-electron chi connectivity index (χ1n) is 5.97. The molecule has 0 aromatic carbocycles. The van der Waals surface area contributed by atoms with Crippen LogP contribution in [-0.2, 0) is 4.79 Å². The molecule has 2 N–H and O–H groups in total. The average Bonchev–Trinajstić information content (AvgIpc) is 2.18. The van der Waals surface area contributed by atoms with Crippen LogP contribution in [0, 0.1) is 0 Å². The van der Waals surface area contributed by atoms with Gasteiger partial charge in [0.2, 0.25) is 5.91 Å². The van der Waals surface area contributed by atoms with E-state index in [2.05, 4.69) is 31.4 Å². The third kappa shape index (κ3) is 3.20. The summed E-state index contributed by atoms with van der Waals surface area (Å²) in [5.74, 6) is 0.147. The third-order valence-corrected chi connectivity index (χ3v) is 3.46. The summed E-state index contributed by atoms with van der Waals surface area (Å²) < 4.78 is 0. The minimum atomic E-state index is -0.356. The highest BCUT2D eigenvalue weighted by Crippen LogP contribution is 2.20. The summed E-state index contributed by atoms with van der Waals surface area (Å²) in [6.07, 6.45) is 4.22. The van der Waals surface area contributed by atoms with E-state index in [1.807, 2.05) is 6.92 Å². The molecule has 1 heterocycles. The highest BCUT2D eigenvalue weighted by Gasteiger charge is 2.36. The summed E-state index contributed by atoms with van der Waals surface area (Å²) >= 11 is 0. The van der Waals surface area contributed by atoms with Gasteiger partial charge in [0.15, 0.2) is 0 Å². The Morgan fingerprint density at radius 3 is 2.60 bits per heavy atom. The lowest BCUT2D eigenvalue weighted by Gasteiger charge is -2.37. The Balaban J connectivity index is 2.59. The second-order valence-electron chi connectivity index (χ2n) is 5.41. The van der Waals surface area contributed by atoms with E-state index in [1.54, 1.807) is 0 Å².